The summed E-state index contributed by atoms with van der Waals surface area (Å²) in [5.74, 6) is 1.87. The second-order valence-corrected chi connectivity index (χ2v) is 8.01. The predicted octanol–water partition coefficient (Wildman–Crippen LogP) is 4.45. The van der Waals surface area contributed by atoms with Gasteiger partial charge in [-0.1, -0.05) is 39.0 Å². The minimum atomic E-state index is 0.294. The van der Waals surface area contributed by atoms with Crippen LogP contribution in [-0.2, 0) is 0 Å². The molecule has 1 heterocycles. The molecule has 0 aromatic rings. The first-order chi connectivity index (χ1) is 10.1. The number of likely N-dealkylation sites (tertiary alicyclic amines) is 1. The molecule has 0 aromatic heterocycles. The van der Waals surface area contributed by atoms with Crippen molar-refractivity contribution in [2.45, 2.75) is 90.1 Å². The van der Waals surface area contributed by atoms with Gasteiger partial charge in [0.2, 0.25) is 0 Å². The third-order valence-electron chi connectivity index (χ3n) is 6.43. The van der Waals surface area contributed by atoms with Gasteiger partial charge >= 0.3 is 0 Å². The van der Waals surface area contributed by atoms with Gasteiger partial charge in [-0.15, -0.1) is 0 Å². The van der Waals surface area contributed by atoms with Gasteiger partial charge in [0.1, 0.15) is 0 Å². The zero-order chi connectivity index (χ0) is 15.3. The van der Waals surface area contributed by atoms with Crippen molar-refractivity contribution in [3.63, 3.8) is 0 Å². The van der Waals surface area contributed by atoms with Crippen LogP contribution in [0.25, 0.3) is 0 Å². The van der Waals surface area contributed by atoms with Crippen molar-refractivity contribution >= 4 is 0 Å². The monoisotopic (exact) mass is 294 g/mol. The number of hydrogen-bond acceptors (Lipinski definition) is 2. The number of rotatable bonds is 5. The Morgan fingerprint density at radius 3 is 2.05 bits per heavy atom. The third-order valence-corrected chi connectivity index (χ3v) is 6.43. The van der Waals surface area contributed by atoms with E-state index in [4.69, 9.17) is 0 Å². The summed E-state index contributed by atoms with van der Waals surface area (Å²) in [7, 11) is 2.19. The van der Waals surface area contributed by atoms with E-state index in [0.29, 0.717) is 11.6 Å². The standard InChI is InChI=1S/C19H38N2/c1-5-16-10-12-17(13-11-16)18(20-4)19(2,3)21-14-8-6-7-9-15-21/h16-18,20H,5-15H2,1-4H3. The molecule has 0 bridgehead atoms. The zero-order valence-electron chi connectivity index (χ0n) is 15.0. The molecule has 1 saturated carbocycles. The van der Waals surface area contributed by atoms with Crippen molar-refractivity contribution in [1.82, 2.24) is 10.2 Å². The van der Waals surface area contributed by atoms with Crippen LogP contribution in [0.1, 0.15) is 78.6 Å². The van der Waals surface area contributed by atoms with E-state index in [9.17, 15) is 0 Å². The summed E-state index contributed by atoms with van der Waals surface area (Å²) in [5.41, 5.74) is 0.294. The normalized spacial score (nSPS) is 30.9. The van der Waals surface area contributed by atoms with Crippen LogP contribution >= 0.6 is 0 Å². The van der Waals surface area contributed by atoms with Crippen LogP contribution in [0.15, 0.2) is 0 Å². The number of likely N-dealkylation sites (N-methyl/N-ethyl adjacent to an activating group) is 1. The summed E-state index contributed by atoms with van der Waals surface area (Å²) in [6.07, 6.45) is 12.8. The van der Waals surface area contributed by atoms with Gasteiger partial charge in [0, 0.05) is 11.6 Å². The average Bonchev–Trinajstić information content (AvgIpc) is 2.78. The van der Waals surface area contributed by atoms with Crippen molar-refractivity contribution in [3.05, 3.63) is 0 Å². The minimum Gasteiger partial charge on any atom is -0.315 e. The van der Waals surface area contributed by atoms with Gasteiger partial charge < -0.3 is 5.32 Å². The molecule has 0 spiro atoms. The first-order valence-corrected chi connectivity index (χ1v) is 9.52. The molecule has 2 aliphatic rings. The highest BCUT2D eigenvalue weighted by Crippen LogP contribution is 2.37. The molecule has 2 rings (SSSR count). The van der Waals surface area contributed by atoms with E-state index in [1.807, 2.05) is 0 Å². The fourth-order valence-electron chi connectivity index (χ4n) is 4.94. The predicted molar refractivity (Wildman–Crippen MR) is 92.7 cm³/mol. The maximum Gasteiger partial charge on any atom is 0.0308 e. The molecule has 124 valence electrons. The van der Waals surface area contributed by atoms with E-state index in [2.05, 4.69) is 38.0 Å². The number of nitrogens with zero attached hydrogens (tertiary/aromatic N) is 1. The van der Waals surface area contributed by atoms with E-state index in [1.54, 1.807) is 0 Å². The molecular weight excluding hydrogens is 256 g/mol. The van der Waals surface area contributed by atoms with Gasteiger partial charge in [-0.2, -0.15) is 0 Å². The van der Waals surface area contributed by atoms with Crippen molar-refractivity contribution in [2.75, 3.05) is 20.1 Å². The van der Waals surface area contributed by atoms with Crippen molar-refractivity contribution < 1.29 is 0 Å². The minimum absolute atomic E-state index is 0.294. The molecular formula is C19H38N2. The Labute approximate surface area is 133 Å². The van der Waals surface area contributed by atoms with E-state index in [1.165, 1.54) is 70.9 Å². The topological polar surface area (TPSA) is 15.3 Å². The smallest absolute Gasteiger partial charge is 0.0308 e. The number of nitrogens with one attached hydrogen (secondary N) is 1. The lowest BCUT2D eigenvalue weighted by molar-refractivity contribution is 0.0473. The Morgan fingerprint density at radius 2 is 1.57 bits per heavy atom. The Morgan fingerprint density at radius 1 is 1.00 bits per heavy atom. The van der Waals surface area contributed by atoms with Gasteiger partial charge in [-0.25, -0.2) is 0 Å². The largest absolute Gasteiger partial charge is 0.315 e. The van der Waals surface area contributed by atoms with Gasteiger partial charge in [0.25, 0.3) is 0 Å². The highest BCUT2D eigenvalue weighted by atomic mass is 15.2. The molecule has 2 heteroatoms. The lowest BCUT2D eigenvalue weighted by Crippen LogP contribution is -2.60. The quantitative estimate of drug-likeness (QED) is 0.806. The SMILES string of the molecule is CCC1CCC(C(NC)C(C)(C)N2CCCCCC2)CC1. The fourth-order valence-corrected chi connectivity index (χ4v) is 4.94. The third kappa shape index (κ3) is 4.22. The Hall–Kier alpha value is -0.0800. The molecule has 1 aliphatic carbocycles. The lowest BCUT2D eigenvalue weighted by atomic mass is 9.72. The van der Waals surface area contributed by atoms with Crippen LogP contribution in [-0.4, -0.2) is 36.6 Å². The highest BCUT2D eigenvalue weighted by molar-refractivity contribution is 4.98. The van der Waals surface area contributed by atoms with E-state index in [0.717, 1.165) is 11.8 Å². The summed E-state index contributed by atoms with van der Waals surface area (Å²) < 4.78 is 0. The summed E-state index contributed by atoms with van der Waals surface area (Å²) >= 11 is 0. The molecule has 0 radical (unpaired) electrons. The van der Waals surface area contributed by atoms with Crippen LogP contribution in [0.4, 0.5) is 0 Å². The molecule has 1 saturated heterocycles. The Bertz CT molecular complexity index is 284. The van der Waals surface area contributed by atoms with E-state index in [-0.39, 0.29) is 0 Å². The Kier molecular flexibility index (Phi) is 6.55. The molecule has 1 aliphatic heterocycles. The Balaban J connectivity index is 2.00. The van der Waals surface area contributed by atoms with E-state index < -0.39 is 0 Å². The molecule has 1 atom stereocenters. The van der Waals surface area contributed by atoms with Crippen molar-refractivity contribution in [2.24, 2.45) is 11.8 Å². The van der Waals surface area contributed by atoms with Crippen LogP contribution < -0.4 is 5.32 Å². The van der Waals surface area contributed by atoms with Crippen LogP contribution in [0, 0.1) is 11.8 Å². The first-order valence-electron chi connectivity index (χ1n) is 9.52. The first kappa shape index (κ1) is 17.3. The molecule has 1 unspecified atom stereocenters. The second-order valence-electron chi connectivity index (χ2n) is 8.01. The fraction of sp³-hybridized carbons (Fsp3) is 1.00. The maximum atomic E-state index is 3.72. The van der Waals surface area contributed by atoms with Crippen LogP contribution in [0.2, 0.25) is 0 Å². The lowest BCUT2D eigenvalue weighted by Gasteiger charge is -2.48. The summed E-state index contributed by atoms with van der Waals surface area (Å²) in [6.45, 7) is 9.95. The van der Waals surface area contributed by atoms with Gasteiger partial charge in [-0.05, 0) is 71.5 Å². The second kappa shape index (κ2) is 7.97. The summed E-state index contributed by atoms with van der Waals surface area (Å²) in [4.78, 5) is 2.78. The molecule has 2 fully saturated rings. The van der Waals surface area contributed by atoms with Crippen LogP contribution in [0.5, 0.6) is 0 Å². The van der Waals surface area contributed by atoms with Crippen molar-refractivity contribution in [1.29, 1.82) is 0 Å². The summed E-state index contributed by atoms with van der Waals surface area (Å²) in [5, 5.41) is 3.72. The van der Waals surface area contributed by atoms with Gasteiger partial charge in [0.05, 0.1) is 0 Å². The van der Waals surface area contributed by atoms with Crippen molar-refractivity contribution in [3.8, 4) is 0 Å². The zero-order valence-corrected chi connectivity index (χ0v) is 15.0. The average molecular weight is 295 g/mol. The highest BCUT2D eigenvalue weighted by Gasteiger charge is 2.40. The maximum absolute atomic E-state index is 3.72. The number of hydrogen-bond donors (Lipinski definition) is 1. The molecule has 2 nitrogen and oxygen atoms in total. The summed E-state index contributed by atoms with van der Waals surface area (Å²) in [6, 6.07) is 0.647. The van der Waals surface area contributed by atoms with Gasteiger partial charge in [-0.3, -0.25) is 4.90 Å². The van der Waals surface area contributed by atoms with Gasteiger partial charge in [0.15, 0.2) is 0 Å². The van der Waals surface area contributed by atoms with E-state index >= 15 is 0 Å². The molecule has 1 N–H and O–H groups in total. The molecule has 0 aromatic carbocycles. The molecule has 0 amide bonds. The molecule has 21 heavy (non-hydrogen) atoms. The van der Waals surface area contributed by atoms with Crippen LogP contribution in [0.3, 0.4) is 0 Å².